The normalized spacial score (nSPS) is 15.9. The van der Waals surface area contributed by atoms with Gasteiger partial charge in [-0.2, -0.15) is 0 Å². The number of hydrogen-bond donors (Lipinski definition) is 1. The first-order valence-corrected chi connectivity index (χ1v) is 4.80. The molecule has 1 aliphatic heterocycles. The minimum atomic E-state index is 0.131. The number of hydrogen-bond acceptors (Lipinski definition) is 3. The number of rotatable bonds is 3. The SMILES string of the molecule is CC#CCNCC(=O)N1CCOCC1. The molecule has 1 fully saturated rings. The summed E-state index contributed by atoms with van der Waals surface area (Å²) < 4.78 is 5.16. The molecule has 0 unspecified atom stereocenters. The first-order valence-electron chi connectivity index (χ1n) is 4.80. The zero-order chi connectivity index (χ0) is 10.2. The van der Waals surface area contributed by atoms with Gasteiger partial charge < -0.3 is 9.64 Å². The van der Waals surface area contributed by atoms with E-state index in [1.807, 2.05) is 4.90 Å². The summed E-state index contributed by atoms with van der Waals surface area (Å²) in [6, 6.07) is 0. The van der Waals surface area contributed by atoms with Crippen molar-refractivity contribution in [3.05, 3.63) is 0 Å². The molecule has 1 rings (SSSR count). The van der Waals surface area contributed by atoms with Gasteiger partial charge in [0.1, 0.15) is 0 Å². The van der Waals surface area contributed by atoms with Crippen molar-refractivity contribution in [1.29, 1.82) is 0 Å². The lowest BCUT2D eigenvalue weighted by Gasteiger charge is -2.26. The number of morpholine rings is 1. The van der Waals surface area contributed by atoms with Crippen LogP contribution in [0.1, 0.15) is 6.92 Å². The molecule has 0 aromatic carbocycles. The van der Waals surface area contributed by atoms with E-state index < -0.39 is 0 Å². The monoisotopic (exact) mass is 196 g/mol. The van der Waals surface area contributed by atoms with Crippen LogP contribution in [0.15, 0.2) is 0 Å². The highest BCUT2D eigenvalue weighted by atomic mass is 16.5. The molecule has 0 atom stereocenters. The van der Waals surface area contributed by atoms with Gasteiger partial charge in [-0.3, -0.25) is 10.1 Å². The third-order valence-electron chi connectivity index (χ3n) is 2.03. The average molecular weight is 196 g/mol. The smallest absolute Gasteiger partial charge is 0.236 e. The van der Waals surface area contributed by atoms with Gasteiger partial charge in [0.2, 0.25) is 5.91 Å². The van der Waals surface area contributed by atoms with Crippen molar-refractivity contribution < 1.29 is 9.53 Å². The summed E-state index contributed by atoms with van der Waals surface area (Å²) in [5.41, 5.74) is 0. The van der Waals surface area contributed by atoms with Crippen LogP contribution in [0.25, 0.3) is 0 Å². The van der Waals surface area contributed by atoms with Gasteiger partial charge in [0, 0.05) is 13.1 Å². The standard InChI is InChI=1S/C10H16N2O2/c1-2-3-4-11-9-10(13)12-5-7-14-8-6-12/h11H,4-9H2,1H3. The quantitative estimate of drug-likeness (QED) is 0.487. The minimum absolute atomic E-state index is 0.131. The Kier molecular flexibility index (Phi) is 5.05. The van der Waals surface area contributed by atoms with Crippen LogP contribution in [0.4, 0.5) is 0 Å². The molecule has 14 heavy (non-hydrogen) atoms. The highest BCUT2D eigenvalue weighted by Crippen LogP contribution is 1.96. The number of nitrogens with zero attached hydrogens (tertiary/aromatic N) is 1. The Morgan fingerprint density at radius 1 is 1.50 bits per heavy atom. The molecule has 1 aliphatic rings. The van der Waals surface area contributed by atoms with E-state index in [0.29, 0.717) is 39.4 Å². The Hall–Kier alpha value is -1.05. The van der Waals surface area contributed by atoms with E-state index >= 15 is 0 Å². The Bertz CT molecular complexity index is 236. The van der Waals surface area contributed by atoms with Crippen LogP contribution in [0, 0.1) is 11.8 Å². The number of carbonyl (C=O) groups is 1. The van der Waals surface area contributed by atoms with E-state index in [-0.39, 0.29) is 5.91 Å². The number of amides is 1. The largest absolute Gasteiger partial charge is 0.378 e. The highest BCUT2D eigenvalue weighted by molar-refractivity contribution is 5.78. The van der Waals surface area contributed by atoms with Gasteiger partial charge in [-0.1, -0.05) is 5.92 Å². The van der Waals surface area contributed by atoms with E-state index in [4.69, 9.17) is 4.74 Å². The second-order valence-electron chi connectivity index (χ2n) is 3.02. The van der Waals surface area contributed by atoms with E-state index in [2.05, 4.69) is 17.2 Å². The van der Waals surface area contributed by atoms with Crippen LogP contribution in [0.2, 0.25) is 0 Å². The average Bonchev–Trinajstić information content (AvgIpc) is 2.25. The maximum Gasteiger partial charge on any atom is 0.236 e. The van der Waals surface area contributed by atoms with Crippen molar-refractivity contribution in [2.24, 2.45) is 0 Å². The lowest BCUT2D eigenvalue weighted by atomic mass is 10.4. The van der Waals surface area contributed by atoms with Gasteiger partial charge in [-0.15, -0.1) is 5.92 Å². The molecule has 1 heterocycles. The van der Waals surface area contributed by atoms with E-state index in [0.717, 1.165) is 0 Å². The Morgan fingerprint density at radius 2 is 2.21 bits per heavy atom. The summed E-state index contributed by atoms with van der Waals surface area (Å²) >= 11 is 0. The first-order chi connectivity index (χ1) is 6.84. The molecule has 0 bridgehead atoms. The molecule has 0 spiro atoms. The lowest BCUT2D eigenvalue weighted by molar-refractivity contribution is -0.134. The zero-order valence-electron chi connectivity index (χ0n) is 8.51. The summed E-state index contributed by atoms with van der Waals surface area (Å²) in [5, 5.41) is 2.98. The molecule has 4 nitrogen and oxygen atoms in total. The molecular weight excluding hydrogens is 180 g/mol. The Balaban J connectivity index is 2.15. The van der Waals surface area contributed by atoms with Crippen molar-refractivity contribution in [2.45, 2.75) is 6.92 Å². The minimum Gasteiger partial charge on any atom is -0.378 e. The Labute approximate surface area is 84.6 Å². The molecule has 0 aromatic rings. The van der Waals surface area contributed by atoms with Crippen molar-refractivity contribution >= 4 is 5.91 Å². The fourth-order valence-corrected chi connectivity index (χ4v) is 1.24. The molecule has 0 aliphatic carbocycles. The molecule has 4 heteroatoms. The van der Waals surface area contributed by atoms with Gasteiger partial charge in [0.25, 0.3) is 0 Å². The summed E-state index contributed by atoms with van der Waals surface area (Å²) in [7, 11) is 0. The van der Waals surface area contributed by atoms with Gasteiger partial charge in [-0.25, -0.2) is 0 Å². The predicted molar refractivity (Wildman–Crippen MR) is 53.7 cm³/mol. The van der Waals surface area contributed by atoms with Crippen molar-refractivity contribution in [3.8, 4) is 11.8 Å². The zero-order valence-corrected chi connectivity index (χ0v) is 8.51. The molecule has 1 saturated heterocycles. The topological polar surface area (TPSA) is 41.6 Å². The molecule has 0 saturated carbocycles. The van der Waals surface area contributed by atoms with Gasteiger partial charge >= 0.3 is 0 Å². The fraction of sp³-hybridized carbons (Fsp3) is 0.700. The van der Waals surface area contributed by atoms with Gasteiger partial charge in [0.05, 0.1) is 26.3 Å². The number of carbonyl (C=O) groups excluding carboxylic acids is 1. The molecule has 0 aromatic heterocycles. The van der Waals surface area contributed by atoms with Crippen molar-refractivity contribution in [2.75, 3.05) is 39.4 Å². The third-order valence-corrected chi connectivity index (χ3v) is 2.03. The third kappa shape index (κ3) is 3.77. The summed E-state index contributed by atoms with van der Waals surface area (Å²) in [4.78, 5) is 13.3. The maximum absolute atomic E-state index is 11.5. The predicted octanol–water partition coefficient (Wildman–Crippen LogP) is -0.542. The molecule has 78 valence electrons. The summed E-state index contributed by atoms with van der Waals surface area (Å²) in [6.07, 6.45) is 0. The molecule has 1 amide bonds. The molecular formula is C10H16N2O2. The summed E-state index contributed by atoms with van der Waals surface area (Å²) in [5.74, 6) is 5.74. The van der Waals surface area contributed by atoms with E-state index in [1.54, 1.807) is 6.92 Å². The van der Waals surface area contributed by atoms with Crippen LogP contribution < -0.4 is 5.32 Å². The number of ether oxygens (including phenoxy) is 1. The van der Waals surface area contributed by atoms with Gasteiger partial charge in [0.15, 0.2) is 0 Å². The van der Waals surface area contributed by atoms with Crippen LogP contribution >= 0.6 is 0 Å². The lowest BCUT2D eigenvalue weighted by Crippen LogP contribution is -2.44. The van der Waals surface area contributed by atoms with Crippen LogP contribution in [-0.4, -0.2) is 50.2 Å². The Morgan fingerprint density at radius 3 is 2.86 bits per heavy atom. The van der Waals surface area contributed by atoms with Crippen molar-refractivity contribution in [3.63, 3.8) is 0 Å². The number of nitrogens with one attached hydrogen (secondary N) is 1. The van der Waals surface area contributed by atoms with Crippen LogP contribution in [0.3, 0.4) is 0 Å². The van der Waals surface area contributed by atoms with Gasteiger partial charge in [-0.05, 0) is 6.92 Å². The second kappa shape index (κ2) is 6.41. The first kappa shape index (κ1) is 11.0. The molecule has 1 N–H and O–H groups in total. The summed E-state index contributed by atoms with van der Waals surface area (Å²) in [6.45, 7) is 5.45. The van der Waals surface area contributed by atoms with E-state index in [1.165, 1.54) is 0 Å². The van der Waals surface area contributed by atoms with Crippen molar-refractivity contribution in [1.82, 2.24) is 10.2 Å². The van der Waals surface area contributed by atoms with E-state index in [9.17, 15) is 4.79 Å². The van der Waals surface area contributed by atoms with Crippen LogP contribution in [0.5, 0.6) is 0 Å². The fourth-order valence-electron chi connectivity index (χ4n) is 1.24. The second-order valence-corrected chi connectivity index (χ2v) is 3.02. The molecule has 0 radical (unpaired) electrons. The maximum atomic E-state index is 11.5. The highest BCUT2D eigenvalue weighted by Gasteiger charge is 2.15. The van der Waals surface area contributed by atoms with Crippen LogP contribution in [-0.2, 0) is 9.53 Å².